The van der Waals surface area contributed by atoms with Crippen LogP contribution in [0.5, 0.6) is 0 Å². The van der Waals surface area contributed by atoms with Crippen molar-refractivity contribution in [2.45, 2.75) is 37.9 Å². The molecule has 2 atom stereocenters. The average molecular weight is 424 g/mol. The predicted molar refractivity (Wildman–Crippen MR) is 100 cm³/mol. The average Bonchev–Trinajstić information content (AvgIpc) is 3.50. The molecule has 1 fully saturated rings. The summed E-state index contributed by atoms with van der Waals surface area (Å²) in [6.45, 7) is 9.05. The zero-order valence-electron chi connectivity index (χ0n) is 16.4. The van der Waals surface area contributed by atoms with Crippen molar-refractivity contribution in [1.82, 2.24) is 0 Å². The minimum atomic E-state index is -4.88. The predicted octanol–water partition coefficient (Wildman–Crippen LogP) is 4.54. The zero-order valence-corrected chi connectivity index (χ0v) is 16.4. The summed E-state index contributed by atoms with van der Waals surface area (Å²) in [7, 11) is 1.36. The molecule has 0 N–H and O–H groups in total. The van der Waals surface area contributed by atoms with Gasteiger partial charge in [0.15, 0.2) is 0 Å². The highest BCUT2D eigenvalue weighted by molar-refractivity contribution is 6.00. The first-order valence-electron chi connectivity index (χ1n) is 9.34. The molecule has 9 heteroatoms. The third kappa shape index (κ3) is 4.54. The van der Waals surface area contributed by atoms with E-state index in [1.165, 1.54) is 14.0 Å². The molecule has 0 spiro atoms. The van der Waals surface area contributed by atoms with Crippen molar-refractivity contribution >= 4 is 11.7 Å². The highest BCUT2D eigenvalue weighted by atomic mass is 19.4. The molecule has 0 aromatic heterocycles. The Balaban J connectivity index is 2.18. The molecule has 0 saturated heterocycles. The van der Waals surface area contributed by atoms with Crippen molar-refractivity contribution in [1.29, 1.82) is 0 Å². The van der Waals surface area contributed by atoms with Crippen molar-refractivity contribution in [3.8, 4) is 0 Å². The third-order valence-corrected chi connectivity index (χ3v) is 5.12. The van der Waals surface area contributed by atoms with Gasteiger partial charge in [-0.25, -0.2) is 15.8 Å². The van der Waals surface area contributed by atoms with Crippen LogP contribution in [0, 0.1) is 18.3 Å². The number of esters is 1. The van der Waals surface area contributed by atoms with Crippen LogP contribution in [0.3, 0.4) is 0 Å². The highest BCUT2D eigenvalue weighted by Gasteiger charge is 2.47. The number of alkyl halides is 3. The van der Waals surface area contributed by atoms with Gasteiger partial charge in [-0.1, -0.05) is 6.07 Å². The molecule has 2 unspecified atom stereocenters. The number of methoxy groups -OCH3 is 1. The highest BCUT2D eigenvalue weighted by Crippen LogP contribution is 2.43. The van der Waals surface area contributed by atoms with Gasteiger partial charge in [0.25, 0.3) is 6.04 Å². The molecule has 1 aliphatic heterocycles. The monoisotopic (exact) mass is 424 g/mol. The Morgan fingerprint density at radius 3 is 2.60 bits per heavy atom. The van der Waals surface area contributed by atoms with Gasteiger partial charge in [-0.3, -0.25) is 4.99 Å². The van der Waals surface area contributed by atoms with Crippen molar-refractivity contribution in [3.05, 3.63) is 57.8 Å². The smallest absolute Gasteiger partial charge is 0.416 e. The van der Waals surface area contributed by atoms with Crippen LogP contribution in [-0.2, 0) is 20.4 Å². The van der Waals surface area contributed by atoms with Gasteiger partial charge in [-0.05, 0) is 43.4 Å². The standard InChI is InChI=1S/C21H20F4N2O3/c1-11-19(26-2)17(14-7-6-13(22)8-15(14)21(23,24)25)18(16(27-11)10-29-3)20(28)30-9-12-4-5-12/h6-8,12,17,19H,4-5,9-10H2,1,3H3. The van der Waals surface area contributed by atoms with E-state index >= 15 is 0 Å². The minimum absolute atomic E-state index is 0.109. The molecule has 1 aliphatic carbocycles. The third-order valence-electron chi connectivity index (χ3n) is 5.12. The van der Waals surface area contributed by atoms with Gasteiger partial charge in [0.2, 0.25) is 0 Å². The maximum absolute atomic E-state index is 13.7. The molecule has 1 saturated carbocycles. The summed E-state index contributed by atoms with van der Waals surface area (Å²) in [5.41, 5.74) is -1.40. The molecule has 2 aliphatic rings. The minimum Gasteiger partial charge on any atom is -0.462 e. The van der Waals surface area contributed by atoms with Crippen LogP contribution in [-0.4, -0.2) is 38.0 Å². The summed E-state index contributed by atoms with van der Waals surface area (Å²) in [5, 5.41) is 0. The summed E-state index contributed by atoms with van der Waals surface area (Å²) in [5.74, 6) is -2.97. The van der Waals surface area contributed by atoms with E-state index in [0.29, 0.717) is 6.07 Å². The number of hydrogen-bond acceptors (Lipinski definition) is 4. The molecule has 0 amide bonds. The van der Waals surface area contributed by atoms with Gasteiger partial charge in [0.05, 0.1) is 41.7 Å². The van der Waals surface area contributed by atoms with Crippen LogP contribution < -0.4 is 0 Å². The number of ether oxygens (including phenoxy) is 2. The first-order valence-corrected chi connectivity index (χ1v) is 9.34. The summed E-state index contributed by atoms with van der Waals surface area (Å²) in [6, 6.07) is 1.06. The first kappa shape index (κ1) is 22.0. The number of rotatable bonds is 6. The Morgan fingerprint density at radius 2 is 2.03 bits per heavy atom. The number of aliphatic imine (C=N–C) groups is 1. The van der Waals surface area contributed by atoms with E-state index in [9.17, 15) is 22.4 Å². The van der Waals surface area contributed by atoms with Crippen LogP contribution in [0.15, 0.2) is 34.5 Å². The van der Waals surface area contributed by atoms with Crippen molar-refractivity contribution in [3.63, 3.8) is 0 Å². The van der Waals surface area contributed by atoms with Crippen molar-refractivity contribution in [2.75, 3.05) is 20.3 Å². The second-order valence-corrected chi connectivity index (χ2v) is 7.37. The molecular weight excluding hydrogens is 404 g/mol. The van der Waals surface area contributed by atoms with Gasteiger partial charge in [-0.15, -0.1) is 0 Å². The molecule has 160 valence electrons. The topological polar surface area (TPSA) is 52.2 Å². The first-order chi connectivity index (χ1) is 14.2. The number of nitrogens with zero attached hydrogens (tertiary/aromatic N) is 2. The number of carbonyl (C=O) groups excluding carboxylic acids is 1. The van der Waals surface area contributed by atoms with Crippen LogP contribution >= 0.6 is 0 Å². The van der Waals surface area contributed by atoms with E-state index in [0.717, 1.165) is 25.0 Å². The fourth-order valence-electron chi connectivity index (χ4n) is 3.50. The Hall–Kier alpha value is -2.73. The second-order valence-electron chi connectivity index (χ2n) is 7.37. The largest absolute Gasteiger partial charge is 0.462 e. The molecule has 5 nitrogen and oxygen atoms in total. The molecule has 3 rings (SSSR count). The lowest BCUT2D eigenvalue weighted by molar-refractivity contribution is -0.141. The van der Waals surface area contributed by atoms with Gasteiger partial charge in [-0.2, -0.15) is 13.2 Å². The summed E-state index contributed by atoms with van der Waals surface area (Å²) in [6.07, 6.45) is -3.05. The maximum atomic E-state index is 13.7. The lowest BCUT2D eigenvalue weighted by atomic mass is 9.78. The number of halogens is 4. The van der Waals surface area contributed by atoms with Gasteiger partial charge in [0.1, 0.15) is 5.82 Å². The molecule has 1 heterocycles. The molecule has 1 aromatic rings. The van der Waals surface area contributed by atoms with Crippen LogP contribution in [0.2, 0.25) is 0 Å². The van der Waals surface area contributed by atoms with Crippen LogP contribution in [0.25, 0.3) is 4.85 Å². The molecule has 30 heavy (non-hydrogen) atoms. The lowest BCUT2D eigenvalue weighted by Gasteiger charge is -2.28. The van der Waals surface area contributed by atoms with Crippen LogP contribution in [0.4, 0.5) is 17.6 Å². The van der Waals surface area contributed by atoms with Gasteiger partial charge >= 0.3 is 12.1 Å². The molecule has 0 bridgehead atoms. The summed E-state index contributed by atoms with van der Waals surface area (Å²) in [4.78, 5) is 20.6. The molecular formula is C21H20F4N2O3. The number of hydrogen-bond donors (Lipinski definition) is 0. The zero-order chi connectivity index (χ0) is 22.1. The maximum Gasteiger partial charge on any atom is 0.416 e. The lowest BCUT2D eigenvalue weighted by Crippen LogP contribution is -2.35. The van der Waals surface area contributed by atoms with E-state index in [2.05, 4.69) is 9.84 Å². The fourth-order valence-corrected chi connectivity index (χ4v) is 3.50. The quantitative estimate of drug-likeness (QED) is 0.383. The fraction of sp³-hybridized carbons (Fsp3) is 0.476. The normalized spacial score (nSPS) is 21.8. The van der Waals surface area contributed by atoms with E-state index < -0.39 is 35.5 Å². The SMILES string of the molecule is [C-]#[N+]C1C(C)=NC(COC)=C(C(=O)OCC2CC2)C1c1ccc(F)cc1C(F)(F)F. The van der Waals surface area contributed by atoms with Gasteiger partial charge in [0, 0.05) is 7.11 Å². The number of carbonyl (C=O) groups is 1. The van der Waals surface area contributed by atoms with Crippen molar-refractivity contribution < 1.29 is 31.8 Å². The van der Waals surface area contributed by atoms with Crippen LogP contribution in [0.1, 0.15) is 36.8 Å². The summed E-state index contributed by atoms with van der Waals surface area (Å²) < 4.78 is 65.2. The Bertz CT molecular complexity index is 943. The molecule has 1 aromatic carbocycles. The summed E-state index contributed by atoms with van der Waals surface area (Å²) >= 11 is 0. The number of benzene rings is 1. The molecule has 0 radical (unpaired) electrons. The van der Waals surface area contributed by atoms with E-state index in [4.69, 9.17) is 16.0 Å². The van der Waals surface area contributed by atoms with E-state index in [-0.39, 0.29) is 41.7 Å². The van der Waals surface area contributed by atoms with Gasteiger partial charge < -0.3 is 14.3 Å². The Kier molecular flexibility index (Phi) is 6.27. The Labute approximate surface area is 171 Å². The Morgan fingerprint density at radius 1 is 1.33 bits per heavy atom. The second kappa shape index (κ2) is 8.56. The van der Waals surface area contributed by atoms with E-state index in [1.54, 1.807) is 0 Å². The van der Waals surface area contributed by atoms with E-state index in [1.807, 2.05) is 0 Å². The van der Waals surface area contributed by atoms with Crippen molar-refractivity contribution in [2.24, 2.45) is 10.9 Å².